The topological polar surface area (TPSA) is 65.0 Å². The molecule has 0 saturated carbocycles. The minimum absolute atomic E-state index is 0.0242. The molecule has 0 spiro atoms. The molecular weight excluding hydrogens is 361 g/mol. The standard InChI is InChI=1S/C18H25ClFN3O3/c19-16-2-1-14(11-17(16)20)23-6-3-13(12-23)21-18(25)22-7-4-15(5-8-22)26-10-9-24/h1-2,11,13,15,24H,3-10,12H2,(H,21,25). The summed E-state index contributed by atoms with van der Waals surface area (Å²) in [5, 5.41) is 12.0. The Hall–Kier alpha value is -1.57. The van der Waals surface area contributed by atoms with Gasteiger partial charge in [0, 0.05) is 37.9 Å². The lowest BCUT2D eigenvalue weighted by molar-refractivity contribution is -0.00178. The maximum absolute atomic E-state index is 13.6. The highest BCUT2D eigenvalue weighted by molar-refractivity contribution is 6.30. The number of benzene rings is 1. The summed E-state index contributed by atoms with van der Waals surface area (Å²) in [5.74, 6) is -0.428. The van der Waals surface area contributed by atoms with Crippen LogP contribution >= 0.6 is 11.6 Å². The van der Waals surface area contributed by atoms with Gasteiger partial charge in [-0.1, -0.05) is 11.6 Å². The predicted molar refractivity (Wildman–Crippen MR) is 98.2 cm³/mol. The summed E-state index contributed by atoms with van der Waals surface area (Å²) >= 11 is 5.73. The number of amides is 2. The highest BCUT2D eigenvalue weighted by Crippen LogP contribution is 2.25. The summed E-state index contributed by atoms with van der Waals surface area (Å²) in [6.07, 6.45) is 2.52. The number of urea groups is 1. The molecule has 2 fully saturated rings. The van der Waals surface area contributed by atoms with Crippen molar-refractivity contribution in [3.05, 3.63) is 29.0 Å². The van der Waals surface area contributed by atoms with E-state index in [0.29, 0.717) is 26.2 Å². The molecule has 1 atom stereocenters. The first-order valence-electron chi connectivity index (χ1n) is 9.04. The monoisotopic (exact) mass is 385 g/mol. The number of rotatable bonds is 5. The number of piperidine rings is 1. The lowest BCUT2D eigenvalue weighted by Crippen LogP contribution is -2.49. The normalized spacial score (nSPS) is 21.3. The molecular formula is C18H25ClFN3O3. The first-order chi connectivity index (χ1) is 12.6. The third kappa shape index (κ3) is 4.78. The fourth-order valence-corrected chi connectivity index (χ4v) is 3.62. The molecule has 2 amide bonds. The second kappa shape index (κ2) is 8.88. The van der Waals surface area contributed by atoms with Crippen molar-refractivity contribution in [2.75, 3.05) is 44.3 Å². The molecule has 0 bridgehead atoms. The van der Waals surface area contributed by atoms with Crippen LogP contribution in [0.4, 0.5) is 14.9 Å². The minimum Gasteiger partial charge on any atom is -0.394 e. The number of anilines is 1. The van der Waals surface area contributed by atoms with Crippen LogP contribution in [0.15, 0.2) is 18.2 Å². The van der Waals surface area contributed by atoms with E-state index in [1.807, 2.05) is 4.90 Å². The van der Waals surface area contributed by atoms with Gasteiger partial charge >= 0.3 is 6.03 Å². The van der Waals surface area contributed by atoms with Gasteiger partial charge in [0.15, 0.2) is 0 Å². The zero-order valence-corrected chi connectivity index (χ0v) is 15.4. The van der Waals surface area contributed by atoms with Crippen molar-refractivity contribution in [2.45, 2.75) is 31.4 Å². The van der Waals surface area contributed by atoms with Gasteiger partial charge in [0.2, 0.25) is 0 Å². The maximum atomic E-state index is 13.6. The van der Waals surface area contributed by atoms with Gasteiger partial charge < -0.3 is 25.0 Å². The smallest absolute Gasteiger partial charge is 0.317 e. The van der Waals surface area contributed by atoms with E-state index in [0.717, 1.165) is 31.5 Å². The van der Waals surface area contributed by atoms with Crippen molar-refractivity contribution in [2.24, 2.45) is 0 Å². The lowest BCUT2D eigenvalue weighted by atomic mass is 10.1. The number of aliphatic hydroxyl groups is 1. The molecule has 3 rings (SSSR count). The van der Waals surface area contributed by atoms with E-state index < -0.39 is 5.82 Å². The average Bonchev–Trinajstić information content (AvgIpc) is 3.11. The molecule has 2 aliphatic rings. The Morgan fingerprint density at radius 3 is 2.77 bits per heavy atom. The Morgan fingerprint density at radius 2 is 2.08 bits per heavy atom. The zero-order chi connectivity index (χ0) is 18.5. The maximum Gasteiger partial charge on any atom is 0.317 e. The van der Waals surface area contributed by atoms with E-state index in [2.05, 4.69) is 10.2 Å². The second-order valence-corrected chi connectivity index (χ2v) is 7.17. The van der Waals surface area contributed by atoms with Crippen molar-refractivity contribution >= 4 is 23.3 Å². The van der Waals surface area contributed by atoms with Crippen LogP contribution in [0.3, 0.4) is 0 Å². The van der Waals surface area contributed by atoms with Crippen molar-refractivity contribution in [1.82, 2.24) is 10.2 Å². The van der Waals surface area contributed by atoms with Gasteiger partial charge in [-0.25, -0.2) is 9.18 Å². The number of hydrogen-bond acceptors (Lipinski definition) is 4. The SMILES string of the molecule is O=C(NC1CCN(c2ccc(Cl)c(F)c2)C1)N1CCC(OCCO)CC1. The molecule has 8 heteroatoms. The van der Waals surface area contributed by atoms with Crippen molar-refractivity contribution in [1.29, 1.82) is 0 Å². The Kier molecular flexibility index (Phi) is 6.56. The number of nitrogens with zero attached hydrogens (tertiary/aromatic N) is 2. The molecule has 1 aromatic carbocycles. The number of nitrogens with one attached hydrogen (secondary N) is 1. The molecule has 2 saturated heterocycles. The predicted octanol–water partition coefficient (Wildman–Crippen LogP) is 2.24. The van der Waals surface area contributed by atoms with Crippen molar-refractivity contribution < 1.29 is 19.0 Å². The van der Waals surface area contributed by atoms with Crippen LogP contribution in [0.25, 0.3) is 0 Å². The Balaban J connectivity index is 1.45. The quantitative estimate of drug-likeness (QED) is 0.815. The van der Waals surface area contributed by atoms with Gasteiger partial charge in [-0.15, -0.1) is 0 Å². The highest BCUT2D eigenvalue weighted by atomic mass is 35.5. The van der Waals surface area contributed by atoms with E-state index in [9.17, 15) is 9.18 Å². The van der Waals surface area contributed by atoms with E-state index >= 15 is 0 Å². The molecule has 6 nitrogen and oxygen atoms in total. The molecule has 0 radical (unpaired) electrons. The van der Waals surface area contributed by atoms with E-state index in [4.69, 9.17) is 21.4 Å². The number of ether oxygens (including phenoxy) is 1. The fourth-order valence-electron chi connectivity index (χ4n) is 3.51. The third-order valence-electron chi connectivity index (χ3n) is 4.96. The van der Waals surface area contributed by atoms with Gasteiger partial charge in [0.1, 0.15) is 5.82 Å². The van der Waals surface area contributed by atoms with Gasteiger partial charge in [-0.2, -0.15) is 0 Å². The van der Waals surface area contributed by atoms with Crippen LogP contribution in [0.2, 0.25) is 5.02 Å². The summed E-state index contributed by atoms with van der Waals surface area (Å²) in [6, 6.07) is 4.78. The largest absolute Gasteiger partial charge is 0.394 e. The zero-order valence-electron chi connectivity index (χ0n) is 14.7. The first-order valence-corrected chi connectivity index (χ1v) is 9.42. The van der Waals surface area contributed by atoms with Gasteiger partial charge in [0.25, 0.3) is 0 Å². The summed E-state index contributed by atoms with van der Waals surface area (Å²) in [7, 11) is 0. The Morgan fingerprint density at radius 1 is 1.31 bits per heavy atom. The van der Waals surface area contributed by atoms with Crippen LogP contribution in [-0.2, 0) is 4.74 Å². The summed E-state index contributed by atoms with van der Waals surface area (Å²) in [4.78, 5) is 16.3. The number of halogens is 2. The number of carbonyl (C=O) groups is 1. The molecule has 1 unspecified atom stereocenters. The van der Waals surface area contributed by atoms with Gasteiger partial charge in [0.05, 0.1) is 24.3 Å². The third-order valence-corrected chi connectivity index (χ3v) is 5.26. The summed E-state index contributed by atoms with van der Waals surface area (Å²) in [5.41, 5.74) is 0.783. The van der Waals surface area contributed by atoms with Crippen molar-refractivity contribution in [3.8, 4) is 0 Å². The number of likely N-dealkylation sites (tertiary alicyclic amines) is 1. The van der Waals surface area contributed by atoms with Gasteiger partial charge in [-0.3, -0.25) is 0 Å². The van der Waals surface area contributed by atoms with Crippen LogP contribution in [-0.4, -0.2) is 67.6 Å². The van der Waals surface area contributed by atoms with Crippen LogP contribution < -0.4 is 10.2 Å². The van der Waals surface area contributed by atoms with E-state index in [-0.39, 0.29) is 29.8 Å². The number of hydrogen-bond donors (Lipinski definition) is 2. The second-order valence-electron chi connectivity index (χ2n) is 6.76. The number of carbonyl (C=O) groups excluding carboxylic acids is 1. The van der Waals surface area contributed by atoms with Gasteiger partial charge in [-0.05, 0) is 37.5 Å². The molecule has 1 aromatic rings. The summed E-state index contributed by atoms with van der Waals surface area (Å²) < 4.78 is 19.2. The molecule has 26 heavy (non-hydrogen) atoms. The molecule has 2 heterocycles. The molecule has 2 aliphatic heterocycles. The highest BCUT2D eigenvalue weighted by Gasteiger charge is 2.28. The average molecular weight is 386 g/mol. The Bertz CT molecular complexity index is 626. The molecule has 2 N–H and O–H groups in total. The lowest BCUT2D eigenvalue weighted by Gasteiger charge is -2.32. The fraction of sp³-hybridized carbons (Fsp3) is 0.611. The molecule has 144 valence electrons. The van der Waals surface area contributed by atoms with Crippen LogP contribution in [0.1, 0.15) is 19.3 Å². The van der Waals surface area contributed by atoms with Crippen LogP contribution in [0, 0.1) is 5.82 Å². The molecule has 0 aromatic heterocycles. The molecule has 0 aliphatic carbocycles. The van der Waals surface area contributed by atoms with E-state index in [1.165, 1.54) is 6.07 Å². The number of aliphatic hydroxyl groups excluding tert-OH is 1. The minimum atomic E-state index is -0.428. The van der Waals surface area contributed by atoms with Crippen molar-refractivity contribution in [3.63, 3.8) is 0 Å². The Labute approximate surface area is 157 Å². The van der Waals surface area contributed by atoms with E-state index in [1.54, 1.807) is 12.1 Å². The van der Waals surface area contributed by atoms with Crippen LogP contribution in [0.5, 0.6) is 0 Å². The first kappa shape index (κ1) is 19.2. The summed E-state index contributed by atoms with van der Waals surface area (Å²) in [6.45, 7) is 3.10.